The van der Waals surface area contributed by atoms with E-state index < -0.39 is 35.8 Å². The largest absolute Gasteiger partial charge is 0.468 e. The van der Waals surface area contributed by atoms with Crippen molar-refractivity contribution in [2.75, 3.05) is 14.2 Å². The number of methoxy groups -OCH3 is 2. The van der Waals surface area contributed by atoms with Crippen LogP contribution in [0.3, 0.4) is 0 Å². The van der Waals surface area contributed by atoms with Crippen LogP contribution in [0.2, 0.25) is 0 Å². The highest BCUT2D eigenvalue weighted by Gasteiger charge is 2.40. The summed E-state index contributed by atoms with van der Waals surface area (Å²) in [4.78, 5) is 47.1. The fourth-order valence-corrected chi connectivity index (χ4v) is 1.96. The third-order valence-electron chi connectivity index (χ3n) is 3.17. The van der Waals surface area contributed by atoms with E-state index in [1.54, 1.807) is 24.3 Å². The summed E-state index contributed by atoms with van der Waals surface area (Å²) in [5.41, 5.74) is 0.735. The van der Waals surface area contributed by atoms with Gasteiger partial charge in [-0.25, -0.2) is 9.59 Å². The first-order chi connectivity index (χ1) is 11.4. The quantitative estimate of drug-likeness (QED) is 0.446. The number of rotatable bonds is 7. The summed E-state index contributed by atoms with van der Waals surface area (Å²) in [6.45, 7) is 1.07. The van der Waals surface area contributed by atoms with E-state index in [0.717, 1.165) is 26.7 Å². The van der Waals surface area contributed by atoms with Crippen LogP contribution < -0.4 is 5.32 Å². The SMILES string of the molecule is COC(=O)C(NC(=O)OCc1ccccc1)C(C(C)=O)C(=O)OC. The van der Waals surface area contributed by atoms with E-state index in [1.807, 2.05) is 6.07 Å². The fraction of sp³-hybridized carbons (Fsp3) is 0.375. The molecule has 8 nitrogen and oxygen atoms in total. The Morgan fingerprint density at radius 1 is 1.00 bits per heavy atom. The van der Waals surface area contributed by atoms with Crippen LogP contribution in [0.25, 0.3) is 0 Å². The van der Waals surface area contributed by atoms with Gasteiger partial charge in [-0.2, -0.15) is 0 Å². The van der Waals surface area contributed by atoms with Crippen molar-refractivity contribution >= 4 is 23.8 Å². The summed E-state index contributed by atoms with van der Waals surface area (Å²) in [6, 6.07) is 7.32. The third-order valence-corrected chi connectivity index (χ3v) is 3.17. The minimum absolute atomic E-state index is 0.0382. The lowest BCUT2D eigenvalue weighted by Crippen LogP contribution is -2.51. The molecule has 0 fully saturated rings. The molecular formula is C16H19NO7. The second kappa shape index (κ2) is 9.29. The Bertz CT molecular complexity index is 600. The second-order valence-corrected chi connectivity index (χ2v) is 4.82. The molecule has 24 heavy (non-hydrogen) atoms. The van der Waals surface area contributed by atoms with Crippen LogP contribution in [0.5, 0.6) is 0 Å². The lowest BCUT2D eigenvalue weighted by atomic mass is 9.96. The Kier molecular flexibility index (Phi) is 7.41. The Morgan fingerprint density at radius 2 is 1.58 bits per heavy atom. The van der Waals surface area contributed by atoms with Crippen molar-refractivity contribution < 1.29 is 33.4 Å². The Morgan fingerprint density at radius 3 is 2.08 bits per heavy atom. The molecule has 0 heterocycles. The van der Waals surface area contributed by atoms with E-state index in [2.05, 4.69) is 14.8 Å². The minimum atomic E-state index is -1.54. The number of hydrogen-bond acceptors (Lipinski definition) is 7. The molecule has 0 saturated heterocycles. The van der Waals surface area contributed by atoms with Gasteiger partial charge in [-0.05, 0) is 12.5 Å². The van der Waals surface area contributed by atoms with E-state index >= 15 is 0 Å². The average Bonchev–Trinajstić information content (AvgIpc) is 2.59. The van der Waals surface area contributed by atoms with Gasteiger partial charge in [0.25, 0.3) is 0 Å². The molecule has 1 aromatic carbocycles. The molecule has 130 valence electrons. The van der Waals surface area contributed by atoms with Crippen molar-refractivity contribution in [2.45, 2.75) is 19.6 Å². The molecule has 0 bridgehead atoms. The standard InChI is InChI=1S/C16H19NO7/c1-10(18)12(14(19)22-2)13(15(20)23-3)17-16(21)24-9-11-7-5-4-6-8-11/h4-8,12-13H,9H2,1-3H3,(H,17,21). The van der Waals surface area contributed by atoms with Crippen molar-refractivity contribution in [1.82, 2.24) is 5.32 Å². The van der Waals surface area contributed by atoms with Gasteiger partial charge in [-0.15, -0.1) is 0 Å². The number of esters is 2. The zero-order valence-corrected chi connectivity index (χ0v) is 13.6. The van der Waals surface area contributed by atoms with Crippen molar-refractivity contribution in [3.8, 4) is 0 Å². The number of ether oxygens (including phenoxy) is 3. The average molecular weight is 337 g/mol. The van der Waals surface area contributed by atoms with Gasteiger partial charge in [0.05, 0.1) is 14.2 Å². The van der Waals surface area contributed by atoms with Gasteiger partial charge in [0.2, 0.25) is 0 Å². The molecule has 0 aliphatic rings. The first-order valence-electron chi connectivity index (χ1n) is 7.04. The van der Waals surface area contributed by atoms with Crippen LogP contribution >= 0.6 is 0 Å². The molecule has 8 heteroatoms. The maximum absolute atomic E-state index is 11.9. The molecule has 0 saturated carbocycles. The molecule has 2 atom stereocenters. The molecule has 1 aromatic rings. The molecule has 0 aliphatic carbocycles. The Labute approximate surface area is 139 Å². The van der Waals surface area contributed by atoms with Crippen molar-refractivity contribution in [2.24, 2.45) is 5.92 Å². The number of benzene rings is 1. The summed E-state index contributed by atoms with van der Waals surface area (Å²) in [5.74, 6) is -4.09. The molecule has 2 unspecified atom stereocenters. The maximum atomic E-state index is 11.9. The predicted molar refractivity (Wildman–Crippen MR) is 81.8 cm³/mol. The Hall–Kier alpha value is -2.90. The molecule has 0 aliphatic heterocycles. The van der Waals surface area contributed by atoms with Gasteiger partial charge in [0.1, 0.15) is 18.3 Å². The molecule has 0 spiro atoms. The van der Waals surface area contributed by atoms with E-state index in [-0.39, 0.29) is 6.61 Å². The number of hydrogen-bond donors (Lipinski definition) is 1. The van der Waals surface area contributed by atoms with E-state index in [9.17, 15) is 19.2 Å². The van der Waals surface area contributed by atoms with Crippen LogP contribution in [0.4, 0.5) is 4.79 Å². The second-order valence-electron chi connectivity index (χ2n) is 4.82. The minimum Gasteiger partial charge on any atom is -0.468 e. The zero-order chi connectivity index (χ0) is 18.1. The van der Waals surface area contributed by atoms with Gasteiger partial charge in [-0.1, -0.05) is 30.3 Å². The number of alkyl carbamates (subject to hydrolysis) is 1. The van der Waals surface area contributed by atoms with Gasteiger partial charge < -0.3 is 19.5 Å². The van der Waals surface area contributed by atoms with Crippen molar-refractivity contribution in [3.05, 3.63) is 35.9 Å². The molecular weight excluding hydrogens is 318 g/mol. The number of nitrogens with one attached hydrogen (secondary N) is 1. The first-order valence-corrected chi connectivity index (χ1v) is 7.04. The molecule has 1 amide bonds. The lowest BCUT2D eigenvalue weighted by molar-refractivity contribution is -0.157. The number of ketones is 1. The number of carbonyl (C=O) groups is 4. The summed E-state index contributed by atoms with van der Waals surface area (Å²) >= 11 is 0. The first kappa shape index (κ1) is 19.1. The maximum Gasteiger partial charge on any atom is 0.408 e. The normalized spacial score (nSPS) is 12.5. The summed E-state index contributed by atoms with van der Waals surface area (Å²) < 4.78 is 14.0. The van der Waals surface area contributed by atoms with Crippen LogP contribution in [0, 0.1) is 5.92 Å². The smallest absolute Gasteiger partial charge is 0.408 e. The highest BCUT2D eigenvalue weighted by atomic mass is 16.6. The van der Waals surface area contributed by atoms with Crippen LogP contribution in [-0.4, -0.2) is 44.1 Å². The van der Waals surface area contributed by atoms with Gasteiger partial charge in [0.15, 0.2) is 6.04 Å². The Balaban J connectivity index is 2.81. The summed E-state index contributed by atoms with van der Waals surface area (Å²) in [6.07, 6.45) is -0.968. The molecule has 0 radical (unpaired) electrons. The number of carbonyl (C=O) groups excluding carboxylic acids is 4. The third kappa shape index (κ3) is 5.38. The van der Waals surface area contributed by atoms with Gasteiger partial charge in [0, 0.05) is 0 Å². The predicted octanol–water partition coefficient (Wildman–Crippen LogP) is 0.833. The lowest BCUT2D eigenvalue weighted by Gasteiger charge is -2.21. The van der Waals surface area contributed by atoms with Gasteiger partial charge >= 0.3 is 18.0 Å². The number of Topliss-reactive ketones (excluding diaryl/α,β-unsaturated/α-hetero) is 1. The molecule has 0 aromatic heterocycles. The van der Waals surface area contributed by atoms with E-state index in [1.165, 1.54) is 0 Å². The summed E-state index contributed by atoms with van der Waals surface area (Å²) in [5, 5.41) is 2.18. The van der Waals surface area contributed by atoms with E-state index in [4.69, 9.17) is 4.74 Å². The topological polar surface area (TPSA) is 108 Å². The monoisotopic (exact) mass is 337 g/mol. The van der Waals surface area contributed by atoms with E-state index in [0.29, 0.717) is 0 Å². The fourth-order valence-electron chi connectivity index (χ4n) is 1.96. The summed E-state index contributed by atoms with van der Waals surface area (Å²) in [7, 11) is 2.14. The molecule has 1 rings (SSSR count). The highest BCUT2D eigenvalue weighted by Crippen LogP contribution is 2.11. The van der Waals surface area contributed by atoms with Crippen LogP contribution in [0.1, 0.15) is 12.5 Å². The highest BCUT2D eigenvalue weighted by molar-refractivity contribution is 6.03. The van der Waals surface area contributed by atoms with Crippen LogP contribution in [0.15, 0.2) is 30.3 Å². The molecule has 1 N–H and O–H groups in total. The number of amides is 1. The van der Waals surface area contributed by atoms with Crippen molar-refractivity contribution in [3.63, 3.8) is 0 Å². The zero-order valence-electron chi connectivity index (χ0n) is 13.6. The van der Waals surface area contributed by atoms with Crippen LogP contribution in [-0.2, 0) is 35.2 Å². The van der Waals surface area contributed by atoms with Crippen molar-refractivity contribution in [1.29, 1.82) is 0 Å². The van der Waals surface area contributed by atoms with Gasteiger partial charge in [-0.3, -0.25) is 9.59 Å².